The molecule has 0 saturated heterocycles. The lowest BCUT2D eigenvalue weighted by atomic mass is 10.0. The maximum Gasteiger partial charge on any atom is 0.223 e. The number of nitrogens with zero attached hydrogens (tertiary/aromatic N) is 2. The van der Waals surface area contributed by atoms with E-state index < -0.39 is 0 Å². The molecular weight excluding hydrogens is 314 g/mol. The van der Waals surface area contributed by atoms with Gasteiger partial charge in [0.25, 0.3) is 0 Å². The van der Waals surface area contributed by atoms with E-state index in [1.165, 1.54) is 6.92 Å². The fraction of sp³-hybridized carbons (Fsp3) is 0.350. The van der Waals surface area contributed by atoms with E-state index in [9.17, 15) is 9.59 Å². The van der Waals surface area contributed by atoms with Crippen molar-refractivity contribution < 1.29 is 9.59 Å². The average Bonchev–Trinajstić information content (AvgIpc) is 2.61. The first-order valence-electron chi connectivity index (χ1n) is 8.51. The maximum absolute atomic E-state index is 12.1. The van der Waals surface area contributed by atoms with Gasteiger partial charge in [-0.2, -0.15) is 0 Å². The molecule has 5 nitrogen and oxygen atoms in total. The van der Waals surface area contributed by atoms with Crippen molar-refractivity contribution in [2.75, 3.05) is 11.4 Å². The van der Waals surface area contributed by atoms with Crippen molar-refractivity contribution in [3.8, 4) is 0 Å². The molecule has 0 unspecified atom stereocenters. The van der Waals surface area contributed by atoms with Gasteiger partial charge in [-0.25, -0.2) is 0 Å². The molecule has 132 valence electrons. The van der Waals surface area contributed by atoms with Crippen LogP contribution in [0.5, 0.6) is 0 Å². The van der Waals surface area contributed by atoms with Gasteiger partial charge < -0.3 is 10.2 Å². The third-order valence-corrected chi connectivity index (χ3v) is 4.03. The number of aromatic nitrogens is 1. The summed E-state index contributed by atoms with van der Waals surface area (Å²) >= 11 is 0. The molecule has 0 bridgehead atoms. The SMILES string of the molecule is CC(=O)N(CCC(=O)NCc1ccncc1)c1ccccc1C(C)C. The lowest BCUT2D eigenvalue weighted by Crippen LogP contribution is -2.34. The summed E-state index contributed by atoms with van der Waals surface area (Å²) in [5.41, 5.74) is 2.98. The molecule has 0 aliphatic rings. The molecule has 2 rings (SSSR count). The highest BCUT2D eigenvalue weighted by Gasteiger charge is 2.17. The van der Waals surface area contributed by atoms with E-state index in [0.29, 0.717) is 19.0 Å². The van der Waals surface area contributed by atoms with E-state index >= 15 is 0 Å². The van der Waals surface area contributed by atoms with Crippen molar-refractivity contribution in [2.24, 2.45) is 0 Å². The van der Waals surface area contributed by atoms with Gasteiger partial charge in [-0.15, -0.1) is 0 Å². The van der Waals surface area contributed by atoms with Gasteiger partial charge in [0.05, 0.1) is 0 Å². The summed E-state index contributed by atoms with van der Waals surface area (Å²) in [6.45, 7) is 6.55. The lowest BCUT2D eigenvalue weighted by molar-refractivity contribution is -0.121. The number of benzene rings is 1. The predicted octanol–water partition coefficient (Wildman–Crippen LogP) is 3.26. The third-order valence-electron chi connectivity index (χ3n) is 4.03. The molecule has 0 spiro atoms. The smallest absolute Gasteiger partial charge is 0.223 e. The maximum atomic E-state index is 12.1. The number of rotatable bonds is 7. The number of hydrogen-bond acceptors (Lipinski definition) is 3. The summed E-state index contributed by atoms with van der Waals surface area (Å²) < 4.78 is 0. The van der Waals surface area contributed by atoms with Crippen LogP contribution in [0, 0.1) is 0 Å². The summed E-state index contributed by atoms with van der Waals surface area (Å²) in [5.74, 6) is 0.165. The fourth-order valence-corrected chi connectivity index (χ4v) is 2.67. The van der Waals surface area contributed by atoms with E-state index in [4.69, 9.17) is 0 Å². The Morgan fingerprint density at radius 1 is 1.12 bits per heavy atom. The van der Waals surface area contributed by atoms with Gasteiger partial charge in [0, 0.05) is 44.5 Å². The first kappa shape index (κ1) is 18.6. The normalized spacial score (nSPS) is 10.6. The Balaban J connectivity index is 1.98. The molecule has 1 aromatic carbocycles. The summed E-state index contributed by atoms with van der Waals surface area (Å²) in [6, 6.07) is 11.6. The molecule has 1 N–H and O–H groups in total. The minimum absolute atomic E-state index is 0.0602. The minimum Gasteiger partial charge on any atom is -0.352 e. The number of anilines is 1. The molecule has 0 aliphatic heterocycles. The number of nitrogens with one attached hydrogen (secondary N) is 1. The van der Waals surface area contributed by atoms with E-state index in [2.05, 4.69) is 24.1 Å². The zero-order chi connectivity index (χ0) is 18.2. The third kappa shape index (κ3) is 5.41. The standard InChI is InChI=1S/C20H25N3O2/c1-15(2)18-6-4-5-7-19(18)23(16(3)24)13-10-20(25)22-14-17-8-11-21-12-9-17/h4-9,11-12,15H,10,13-14H2,1-3H3,(H,22,25). The molecule has 1 aromatic heterocycles. The number of hydrogen-bond donors (Lipinski definition) is 1. The second kappa shape index (κ2) is 8.97. The van der Waals surface area contributed by atoms with Crippen LogP contribution in [0.15, 0.2) is 48.8 Å². The molecule has 0 radical (unpaired) electrons. The first-order valence-corrected chi connectivity index (χ1v) is 8.51. The summed E-state index contributed by atoms with van der Waals surface area (Å²) in [6.07, 6.45) is 3.65. The number of carbonyl (C=O) groups is 2. The van der Waals surface area contributed by atoms with Crippen molar-refractivity contribution in [2.45, 2.75) is 39.7 Å². The van der Waals surface area contributed by atoms with Crippen molar-refractivity contribution in [3.63, 3.8) is 0 Å². The quantitative estimate of drug-likeness (QED) is 0.842. The Bertz CT molecular complexity index is 714. The lowest BCUT2D eigenvalue weighted by Gasteiger charge is -2.25. The first-order chi connectivity index (χ1) is 12.0. The Morgan fingerprint density at radius 2 is 1.80 bits per heavy atom. The largest absolute Gasteiger partial charge is 0.352 e. The van der Waals surface area contributed by atoms with Crippen LogP contribution in [0.25, 0.3) is 0 Å². The van der Waals surface area contributed by atoms with Crippen LogP contribution in [-0.2, 0) is 16.1 Å². The highest BCUT2D eigenvalue weighted by atomic mass is 16.2. The zero-order valence-electron chi connectivity index (χ0n) is 15.0. The highest BCUT2D eigenvalue weighted by molar-refractivity contribution is 5.93. The van der Waals surface area contributed by atoms with Gasteiger partial charge in [-0.05, 0) is 35.2 Å². The average molecular weight is 339 g/mol. The van der Waals surface area contributed by atoms with Gasteiger partial charge in [0.1, 0.15) is 0 Å². The Morgan fingerprint density at radius 3 is 2.44 bits per heavy atom. The Labute approximate surface area is 149 Å². The summed E-state index contributed by atoms with van der Waals surface area (Å²) in [4.78, 5) is 29.9. The number of carbonyl (C=O) groups excluding carboxylic acids is 2. The van der Waals surface area contributed by atoms with Crippen LogP contribution < -0.4 is 10.2 Å². The van der Waals surface area contributed by atoms with Gasteiger partial charge >= 0.3 is 0 Å². The molecule has 2 aromatic rings. The number of para-hydroxylation sites is 1. The van der Waals surface area contributed by atoms with E-state index in [-0.39, 0.29) is 18.2 Å². The second-order valence-corrected chi connectivity index (χ2v) is 6.27. The predicted molar refractivity (Wildman–Crippen MR) is 99.3 cm³/mol. The molecular formula is C20H25N3O2. The molecule has 1 heterocycles. The van der Waals surface area contributed by atoms with E-state index in [1.54, 1.807) is 17.3 Å². The van der Waals surface area contributed by atoms with Crippen molar-refractivity contribution >= 4 is 17.5 Å². The van der Waals surface area contributed by atoms with Crippen molar-refractivity contribution in [1.82, 2.24) is 10.3 Å². The number of pyridine rings is 1. The van der Waals surface area contributed by atoms with Gasteiger partial charge in [0.2, 0.25) is 11.8 Å². The molecule has 0 saturated carbocycles. The Hall–Kier alpha value is -2.69. The monoisotopic (exact) mass is 339 g/mol. The van der Waals surface area contributed by atoms with Crippen LogP contribution in [0.1, 0.15) is 44.2 Å². The molecule has 0 aliphatic carbocycles. The molecule has 5 heteroatoms. The van der Waals surface area contributed by atoms with Crippen molar-refractivity contribution in [3.05, 3.63) is 59.9 Å². The Kier molecular flexibility index (Phi) is 6.69. The minimum atomic E-state index is -0.0786. The fourth-order valence-electron chi connectivity index (χ4n) is 2.67. The van der Waals surface area contributed by atoms with E-state index in [0.717, 1.165) is 16.8 Å². The van der Waals surface area contributed by atoms with Gasteiger partial charge in [0.15, 0.2) is 0 Å². The number of amides is 2. The second-order valence-electron chi connectivity index (χ2n) is 6.27. The van der Waals surface area contributed by atoms with Crippen LogP contribution in [0.4, 0.5) is 5.69 Å². The zero-order valence-corrected chi connectivity index (χ0v) is 15.0. The summed E-state index contributed by atoms with van der Waals surface area (Å²) in [5, 5.41) is 2.88. The van der Waals surface area contributed by atoms with Gasteiger partial charge in [-0.3, -0.25) is 14.6 Å². The van der Waals surface area contributed by atoms with Crippen LogP contribution in [0.3, 0.4) is 0 Å². The van der Waals surface area contributed by atoms with Crippen molar-refractivity contribution in [1.29, 1.82) is 0 Å². The van der Waals surface area contributed by atoms with Crippen LogP contribution >= 0.6 is 0 Å². The molecule has 0 fully saturated rings. The molecule has 25 heavy (non-hydrogen) atoms. The van der Waals surface area contributed by atoms with Crippen LogP contribution in [-0.4, -0.2) is 23.3 Å². The summed E-state index contributed by atoms with van der Waals surface area (Å²) in [7, 11) is 0. The van der Waals surface area contributed by atoms with Gasteiger partial charge in [-0.1, -0.05) is 32.0 Å². The molecule has 2 amide bonds. The topological polar surface area (TPSA) is 62.3 Å². The van der Waals surface area contributed by atoms with E-state index in [1.807, 2.05) is 36.4 Å². The highest BCUT2D eigenvalue weighted by Crippen LogP contribution is 2.27. The molecule has 0 atom stereocenters. The van der Waals surface area contributed by atoms with Crippen LogP contribution in [0.2, 0.25) is 0 Å².